The van der Waals surface area contributed by atoms with Gasteiger partial charge in [0.2, 0.25) is 0 Å². The molecule has 1 N–H and O–H groups in total. The van der Waals surface area contributed by atoms with Gasteiger partial charge in [0, 0.05) is 0 Å². The maximum atomic E-state index is 11.9. The van der Waals surface area contributed by atoms with Crippen molar-refractivity contribution in [2.45, 2.75) is 51.6 Å². The normalized spacial score (nSPS) is 32.5. The molecule has 0 aromatic heterocycles. The molecule has 0 radical (unpaired) electrons. The highest BCUT2D eigenvalue weighted by atomic mass is 16.8. The molecule has 20 heavy (non-hydrogen) atoms. The predicted octanol–water partition coefficient (Wildman–Crippen LogP) is 0.629. The largest absolute Gasteiger partial charge is 0.509 e. The van der Waals surface area contributed by atoms with Crippen LogP contribution in [0.2, 0.25) is 0 Å². The second kappa shape index (κ2) is 5.57. The molecule has 114 valence electrons. The lowest BCUT2D eigenvalue weighted by molar-refractivity contribution is -0.160. The molecule has 7 nitrogen and oxygen atoms in total. The summed E-state index contributed by atoms with van der Waals surface area (Å²) in [6, 6.07) is 0. The highest BCUT2D eigenvalue weighted by molar-refractivity contribution is 5.75. The standard InChI is InChI=1S/C13H20O7/c1-4-13(2,3)11(15)17-6-8-10-9(7(5-14)18-8)19-12(16)20-10/h7-10,14H,4-6H2,1-3H3. The van der Waals surface area contributed by atoms with Crippen LogP contribution in [0.5, 0.6) is 0 Å². The van der Waals surface area contributed by atoms with Gasteiger partial charge in [-0.15, -0.1) is 0 Å². The fourth-order valence-corrected chi connectivity index (χ4v) is 2.12. The zero-order valence-electron chi connectivity index (χ0n) is 11.8. The van der Waals surface area contributed by atoms with E-state index in [0.29, 0.717) is 6.42 Å². The monoisotopic (exact) mass is 288 g/mol. The number of aliphatic hydroxyl groups is 1. The molecule has 2 aliphatic heterocycles. The number of esters is 1. The summed E-state index contributed by atoms with van der Waals surface area (Å²) >= 11 is 0. The highest BCUT2D eigenvalue weighted by Gasteiger charge is 2.54. The van der Waals surface area contributed by atoms with Crippen LogP contribution in [0, 0.1) is 5.41 Å². The van der Waals surface area contributed by atoms with Crippen LogP contribution >= 0.6 is 0 Å². The van der Waals surface area contributed by atoms with Crippen LogP contribution in [0.25, 0.3) is 0 Å². The molecule has 0 aliphatic carbocycles. The second-order valence-electron chi connectivity index (χ2n) is 5.65. The zero-order valence-corrected chi connectivity index (χ0v) is 11.8. The summed E-state index contributed by atoms with van der Waals surface area (Å²) in [4.78, 5) is 23.0. The Labute approximate surface area is 117 Å². The van der Waals surface area contributed by atoms with E-state index >= 15 is 0 Å². The Morgan fingerprint density at radius 3 is 2.45 bits per heavy atom. The van der Waals surface area contributed by atoms with Gasteiger partial charge >= 0.3 is 12.1 Å². The van der Waals surface area contributed by atoms with Crippen LogP contribution in [0.3, 0.4) is 0 Å². The van der Waals surface area contributed by atoms with Crippen LogP contribution < -0.4 is 0 Å². The molecule has 0 spiro atoms. The number of hydrogen-bond acceptors (Lipinski definition) is 7. The van der Waals surface area contributed by atoms with Crippen molar-refractivity contribution < 1.29 is 33.6 Å². The summed E-state index contributed by atoms with van der Waals surface area (Å²) in [7, 11) is 0. The molecule has 0 bridgehead atoms. The molecular weight excluding hydrogens is 268 g/mol. The van der Waals surface area contributed by atoms with E-state index in [1.807, 2.05) is 6.92 Å². The van der Waals surface area contributed by atoms with Gasteiger partial charge in [-0.1, -0.05) is 6.92 Å². The first-order chi connectivity index (χ1) is 9.39. The Morgan fingerprint density at radius 2 is 1.90 bits per heavy atom. The van der Waals surface area contributed by atoms with Crippen molar-refractivity contribution >= 4 is 12.1 Å². The van der Waals surface area contributed by atoms with Crippen LogP contribution in [0.1, 0.15) is 27.2 Å². The summed E-state index contributed by atoms with van der Waals surface area (Å²) in [5.74, 6) is -0.335. The minimum absolute atomic E-state index is 0.0312. The molecule has 7 heteroatoms. The maximum absolute atomic E-state index is 11.9. The third-order valence-electron chi connectivity index (χ3n) is 3.87. The number of carbonyl (C=O) groups is 2. The lowest BCUT2D eigenvalue weighted by Gasteiger charge is -2.22. The van der Waals surface area contributed by atoms with Crippen molar-refractivity contribution in [2.75, 3.05) is 13.2 Å². The van der Waals surface area contributed by atoms with E-state index in [0.717, 1.165) is 0 Å². The topological polar surface area (TPSA) is 91.3 Å². The van der Waals surface area contributed by atoms with E-state index in [2.05, 4.69) is 0 Å². The van der Waals surface area contributed by atoms with Gasteiger partial charge in [-0.3, -0.25) is 4.79 Å². The summed E-state index contributed by atoms with van der Waals surface area (Å²) < 4.78 is 20.6. The van der Waals surface area contributed by atoms with Crippen molar-refractivity contribution in [1.82, 2.24) is 0 Å². The van der Waals surface area contributed by atoms with E-state index in [9.17, 15) is 14.7 Å². The first-order valence-electron chi connectivity index (χ1n) is 6.70. The quantitative estimate of drug-likeness (QED) is 0.742. The average molecular weight is 288 g/mol. The van der Waals surface area contributed by atoms with Crippen LogP contribution in [-0.2, 0) is 23.7 Å². The van der Waals surface area contributed by atoms with Crippen LogP contribution in [0.15, 0.2) is 0 Å². The number of ether oxygens (including phenoxy) is 4. The fraction of sp³-hybridized carbons (Fsp3) is 0.846. The number of fused-ring (bicyclic) bond motifs is 1. The smallest absolute Gasteiger partial charge is 0.462 e. The lowest BCUT2D eigenvalue weighted by atomic mass is 9.91. The van der Waals surface area contributed by atoms with Crippen molar-refractivity contribution in [2.24, 2.45) is 5.41 Å². The van der Waals surface area contributed by atoms with Gasteiger partial charge in [0.05, 0.1) is 12.0 Å². The van der Waals surface area contributed by atoms with Crippen molar-refractivity contribution in [1.29, 1.82) is 0 Å². The summed E-state index contributed by atoms with van der Waals surface area (Å²) in [6.45, 7) is 5.17. The molecule has 2 heterocycles. The first kappa shape index (κ1) is 15.1. The average Bonchev–Trinajstić information content (AvgIpc) is 2.93. The predicted molar refractivity (Wildman–Crippen MR) is 65.9 cm³/mol. The first-order valence-corrected chi connectivity index (χ1v) is 6.70. The molecule has 2 rings (SSSR count). The Kier molecular flexibility index (Phi) is 4.19. The highest BCUT2D eigenvalue weighted by Crippen LogP contribution is 2.32. The molecule has 0 aromatic rings. The Morgan fingerprint density at radius 1 is 1.30 bits per heavy atom. The summed E-state index contributed by atoms with van der Waals surface area (Å²) in [5, 5.41) is 9.18. The van der Waals surface area contributed by atoms with Crippen molar-refractivity contribution in [3.8, 4) is 0 Å². The van der Waals surface area contributed by atoms with E-state index in [1.54, 1.807) is 13.8 Å². The Bertz CT molecular complexity index is 392. The van der Waals surface area contributed by atoms with Crippen molar-refractivity contribution in [3.05, 3.63) is 0 Å². The molecule has 4 atom stereocenters. The van der Waals surface area contributed by atoms with Gasteiger partial charge in [-0.2, -0.15) is 0 Å². The van der Waals surface area contributed by atoms with Gasteiger partial charge in [-0.05, 0) is 20.3 Å². The van der Waals surface area contributed by atoms with Crippen LogP contribution in [0.4, 0.5) is 4.79 Å². The molecule has 0 saturated carbocycles. The third kappa shape index (κ3) is 2.73. The molecule has 2 aliphatic rings. The second-order valence-corrected chi connectivity index (χ2v) is 5.65. The number of carbonyl (C=O) groups excluding carboxylic acids is 2. The molecule has 2 saturated heterocycles. The number of rotatable bonds is 5. The lowest BCUT2D eigenvalue weighted by Crippen LogP contribution is -2.35. The molecule has 0 aromatic carbocycles. The van der Waals surface area contributed by atoms with E-state index in [4.69, 9.17) is 18.9 Å². The molecular formula is C13H20O7. The van der Waals surface area contributed by atoms with Crippen molar-refractivity contribution in [3.63, 3.8) is 0 Å². The minimum Gasteiger partial charge on any atom is -0.462 e. The van der Waals surface area contributed by atoms with Gasteiger partial charge in [0.15, 0.2) is 12.2 Å². The summed E-state index contributed by atoms with van der Waals surface area (Å²) in [5.41, 5.74) is -0.572. The Balaban J connectivity index is 1.93. The Hall–Kier alpha value is -1.34. The van der Waals surface area contributed by atoms with Crippen LogP contribution in [-0.4, -0.2) is 54.9 Å². The van der Waals surface area contributed by atoms with Gasteiger partial charge < -0.3 is 24.1 Å². The maximum Gasteiger partial charge on any atom is 0.509 e. The SMILES string of the molecule is CCC(C)(C)C(=O)OCC1OC(CO)C2OC(=O)OC12. The number of aliphatic hydroxyl groups excluding tert-OH is 1. The molecule has 4 unspecified atom stereocenters. The molecule has 0 amide bonds. The van der Waals surface area contributed by atoms with Gasteiger partial charge in [0.1, 0.15) is 18.8 Å². The molecule has 2 fully saturated rings. The van der Waals surface area contributed by atoms with Gasteiger partial charge in [0.25, 0.3) is 0 Å². The summed E-state index contributed by atoms with van der Waals surface area (Å²) in [6.07, 6.45) is -2.67. The van der Waals surface area contributed by atoms with E-state index < -0.39 is 36.0 Å². The van der Waals surface area contributed by atoms with Gasteiger partial charge in [-0.25, -0.2) is 4.79 Å². The zero-order chi connectivity index (χ0) is 14.9. The number of hydrogen-bond donors (Lipinski definition) is 1. The minimum atomic E-state index is -0.785. The fourth-order valence-electron chi connectivity index (χ4n) is 2.12. The van der Waals surface area contributed by atoms with E-state index in [-0.39, 0.29) is 19.2 Å². The van der Waals surface area contributed by atoms with E-state index in [1.165, 1.54) is 0 Å². The third-order valence-corrected chi connectivity index (χ3v) is 3.87.